The van der Waals surface area contributed by atoms with E-state index in [1.54, 1.807) is 22.8 Å². The van der Waals surface area contributed by atoms with E-state index >= 15 is 0 Å². The third-order valence-electron chi connectivity index (χ3n) is 3.60. The molecular formula is C12H17N5O2. The molecule has 1 saturated carbocycles. The summed E-state index contributed by atoms with van der Waals surface area (Å²) in [6.07, 6.45) is 4.19. The van der Waals surface area contributed by atoms with Gasteiger partial charge in [-0.15, -0.1) is 5.10 Å². The van der Waals surface area contributed by atoms with Gasteiger partial charge < -0.3 is 10.2 Å². The molecule has 0 spiro atoms. The summed E-state index contributed by atoms with van der Waals surface area (Å²) in [5.74, 6) is 0.296. The molecule has 1 aliphatic carbocycles. The predicted octanol–water partition coefficient (Wildman–Crippen LogP) is -0.558. The molecule has 1 aromatic rings. The Labute approximate surface area is 110 Å². The summed E-state index contributed by atoms with van der Waals surface area (Å²) in [6.45, 7) is 0.870. The van der Waals surface area contributed by atoms with E-state index < -0.39 is 0 Å². The Morgan fingerprint density at radius 3 is 2.84 bits per heavy atom. The maximum Gasteiger partial charge on any atom is 0.245 e. The Balaban J connectivity index is 1.75. The van der Waals surface area contributed by atoms with Crippen LogP contribution in [0.1, 0.15) is 25.0 Å². The number of aromatic nitrogens is 3. The zero-order valence-electron chi connectivity index (χ0n) is 10.9. The Bertz CT molecular complexity index is 508. The van der Waals surface area contributed by atoms with Crippen LogP contribution in [0.25, 0.3) is 0 Å². The summed E-state index contributed by atoms with van der Waals surface area (Å²) in [5.41, 5.74) is 0.750. The highest BCUT2D eigenvalue weighted by Gasteiger charge is 2.40. The van der Waals surface area contributed by atoms with Gasteiger partial charge in [0.15, 0.2) is 0 Å². The second-order valence-electron chi connectivity index (χ2n) is 5.28. The average Bonchev–Trinajstić information content (AvgIpc) is 3.14. The van der Waals surface area contributed by atoms with Crippen LogP contribution in [0.5, 0.6) is 0 Å². The first-order valence-electron chi connectivity index (χ1n) is 6.57. The Kier molecular flexibility index (Phi) is 2.96. The molecule has 1 saturated heterocycles. The lowest BCUT2D eigenvalue weighted by molar-refractivity contribution is -0.134. The first-order valence-corrected chi connectivity index (χ1v) is 6.57. The lowest BCUT2D eigenvalue weighted by Gasteiger charge is -2.22. The average molecular weight is 263 g/mol. The summed E-state index contributed by atoms with van der Waals surface area (Å²) >= 11 is 0. The maximum atomic E-state index is 12.4. The van der Waals surface area contributed by atoms with Crippen molar-refractivity contribution < 1.29 is 9.59 Å². The van der Waals surface area contributed by atoms with E-state index in [4.69, 9.17) is 0 Å². The maximum absolute atomic E-state index is 12.4. The molecule has 3 rings (SSSR count). The number of carbonyl (C=O) groups is 2. The van der Waals surface area contributed by atoms with E-state index in [9.17, 15) is 9.59 Å². The quantitative estimate of drug-likeness (QED) is 0.793. The number of rotatable bonds is 3. The van der Waals surface area contributed by atoms with Crippen molar-refractivity contribution in [3.8, 4) is 0 Å². The highest BCUT2D eigenvalue weighted by molar-refractivity contribution is 5.90. The number of nitrogens with one attached hydrogen (secondary N) is 1. The van der Waals surface area contributed by atoms with Gasteiger partial charge in [-0.2, -0.15) is 0 Å². The molecule has 0 radical (unpaired) electrons. The molecule has 7 nitrogen and oxygen atoms in total. The van der Waals surface area contributed by atoms with Crippen molar-refractivity contribution in [3.05, 3.63) is 11.9 Å². The van der Waals surface area contributed by atoms with Gasteiger partial charge in [-0.3, -0.25) is 14.3 Å². The fraction of sp³-hybridized carbons (Fsp3) is 0.667. The number of hydrogen-bond acceptors (Lipinski definition) is 4. The Morgan fingerprint density at radius 1 is 1.42 bits per heavy atom. The summed E-state index contributed by atoms with van der Waals surface area (Å²) in [4.78, 5) is 25.8. The number of carbonyl (C=O) groups excluding carboxylic acids is 2. The zero-order chi connectivity index (χ0) is 13.4. The van der Waals surface area contributed by atoms with E-state index in [1.807, 2.05) is 0 Å². The van der Waals surface area contributed by atoms with Crippen molar-refractivity contribution in [1.29, 1.82) is 0 Å². The minimum absolute atomic E-state index is 0.0130. The third-order valence-corrected chi connectivity index (χ3v) is 3.60. The molecule has 0 aromatic carbocycles. The Hall–Kier alpha value is -1.92. The molecule has 1 atom stereocenters. The van der Waals surface area contributed by atoms with Crippen LogP contribution in [0, 0.1) is 5.92 Å². The van der Waals surface area contributed by atoms with Crippen LogP contribution < -0.4 is 5.32 Å². The SMILES string of the molecule is Cn1cc(CN2CCC(=O)NC(C3CC3)C2=O)nn1. The molecule has 1 aromatic heterocycles. The molecule has 2 heterocycles. The largest absolute Gasteiger partial charge is 0.344 e. The van der Waals surface area contributed by atoms with Crippen molar-refractivity contribution in [2.24, 2.45) is 13.0 Å². The Morgan fingerprint density at radius 2 is 2.21 bits per heavy atom. The molecule has 19 heavy (non-hydrogen) atoms. The summed E-state index contributed by atoms with van der Waals surface area (Å²) in [6, 6.07) is -0.341. The summed E-state index contributed by atoms with van der Waals surface area (Å²) in [5, 5.41) is 10.7. The smallest absolute Gasteiger partial charge is 0.245 e. The van der Waals surface area contributed by atoms with Gasteiger partial charge in [-0.05, 0) is 18.8 Å². The lowest BCUT2D eigenvalue weighted by Crippen LogP contribution is -2.45. The second-order valence-corrected chi connectivity index (χ2v) is 5.28. The van der Waals surface area contributed by atoms with Crippen LogP contribution in [0.4, 0.5) is 0 Å². The molecule has 2 amide bonds. The van der Waals surface area contributed by atoms with Gasteiger partial charge in [-0.1, -0.05) is 5.21 Å². The minimum atomic E-state index is -0.341. The summed E-state index contributed by atoms with van der Waals surface area (Å²) < 4.78 is 1.61. The van der Waals surface area contributed by atoms with E-state index in [1.165, 1.54) is 0 Å². The molecule has 0 bridgehead atoms. The number of hydrogen-bond donors (Lipinski definition) is 1. The van der Waals surface area contributed by atoms with Crippen LogP contribution in [-0.4, -0.2) is 44.3 Å². The standard InChI is InChI=1S/C12H17N5O2/c1-16-6-9(14-15-16)7-17-5-4-10(18)13-11(12(17)19)8-2-3-8/h6,8,11H,2-5,7H2,1H3,(H,13,18). The topological polar surface area (TPSA) is 80.1 Å². The highest BCUT2D eigenvalue weighted by Crippen LogP contribution is 2.34. The molecule has 1 unspecified atom stereocenters. The highest BCUT2D eigenvalue weighted by atomic mass is 16.2. The van der Waals surface area contributed by atoms with E-state index in [0.29, 0.717) is 25.4 Å². The first kappa shape index (κ1) is 12.1. The van der Waals surface area contributed by atoms with E-state index in [-0.39, 0.29) is 17.9 Å². The fourth-order valence-electron chi connectivity index (χ4n) is 2.42. The van der Waals surface area contributed by atoms with Gasteiger partial charge in [0.05, 0.1) is 6.54 Å². The molecular weight excluding hydrogens is 246 g/mol. The summed E-state index contributed by atoms with van der Waals surface area (Å²) in [7, 11) is 1.79. The first-order chi connectivity index (χ1) is 9.13. The number of amides is 2. The third kappa shape index (κ3) is 2.59. The molecule has 1 N–H and O–H groups in total. The van der Waals surface area contributed by atoms with Gasteiger partial charge in [0, 0.05) is 26.2 Å². The minimum Gasteiger partial charge on any atom is -0.344 e. The van der Waals surface area contributed by atoms with Gasteiger partial charge >= 0.3 is 0 Å². The monoisotopic (exact) mass is 263 g/mol. The van der Waals surface area contributed by atoms with Gasteiger partial charge in [0.1, 0.15) is 11.7 Å². The number of aryl methyl sites for hydroxylation is 1. The molecule has 2 fully saturated rings. The molecule has 1 aliphatic heterocycles. The van der Waals surface area contributed by atoms with Crippen molar-refractivity contribution in [2.75, 3.05) is 6.54 Å². The van der Waals surface area contributed by atoms with Crippen LogP contribution in [0.15, 0.2) is 6.20 Å². The van der Waals surface area contributed by atoms with Crippen molar-refractivity contribution in [1.82, 2.24) is 25.2 Å². The van der Waals surface area contributed by atoms with Gasteiger partial charge in [0.2, 0.25) is 11.8 Å². The van der Waals surface area contributed by atoms with Gasteiger partial charge in [-0.25, -0.2) is 0 Å². The molecule has 7 heteroatoms. The van der Waals surface area contributed by atoms with Crippen molar-refractivity contribution in [2.45, 2.75) is 31.8 Å². The van der Waals surface area contributed by atoms with E-state index in [0.717, 1.165) is 18.5 Å². The fourth-order valence-corrected chi connectivity index (χ4v) is 2.42. The normalized spacial score (nSPS) is 24.3. The van der Waals surface area contributed by atoms with Crippen LogP contribution in [0.2, 0.25) is 0 Å². The van der Waals surface area contributed by atoms with Gasteiger partial charge in [0.25, 0.3) is 0 Å². The predicted molar refractivity (Wildman–Crippen MR) is 65.7 cm³/mol. The lowest BCUT2D eigenvalue weighted by atomic mass is 10.1. The van der Waals surface area contributed by atoms with Crippen molar-refractivity contribution in [3.63, 3.8) is 0 Å². The molecule has 102 valence electrons. The van der Waals surface area contributed by atoms with Crippen LogP contribution >= 0.6 is 0 Å². The second kappa shape index (κ2) is 4.64. The number of nitrogens with zero attached hydrogens (tertiary/aromatic N) is 4. The van der Waals surface area contributed by atoms with Crippen LogP contribution in [-0.2, 0) is 23.2 Å². The van der Waals surface area contributed by atoms with E-state index in [2.05, 4.69) is 15.6 Å². The zero-order valence-corrected chi connectivity index (χ0v) is 10.9. The molecule has 2 aliphatic rings. The van der Waals surface area contributed by atoms with Crippen molar-refractivity contribution >= 4 is 11.8 Å². The van der Waals surface area contributed by atoms with Crippen LogP contribution in [0.3, 0.4) is 0 Å².